The van der Waals surface area contributed by atoms with E-state index in [9.17, 15) is 18.4 Å². The smallest absolute Gasteiger partial charge is 0.256 e. The molecule has 2 aromatic carbocycles. The van der Waals surface area contributed by atoms with Gasteiger partial charge in [0.15, 0.2) is 17.7 Å². The maximum Gasteiger partial charge on any atom is 0.256 e. The third-order valence-corrected chi connectivity index (χ3v) is 6.83. The molecule has 2 saturated heterocycles. The van der Waals surface area contributed by atoms with Gasteiger partial charge in [-0.05, 0) is 48.1 Å². The molecule has 0 aromatic heterocycles. The number of piperidine rings is 1. The van der Waals surface area contributed by atoms with E-state index in [1.54, 1.807) is 11.0 Å². The summed E-state index contributed by atoms with van der Waals surface area (Å²) in [5.74, 6) is -2.40. The van der Waals surface area contributed by atoms with Crippen LogP contribution in [-0.4, -0.2) is 41.9 Å². The Kier molecular flexibility index (Phi) is 5.01. The summed E-state index contributed by atoms with van der Waals surface area (Å²) in [6.45, 7) is 1.10. The average Bonchev–Trinajstić information content (AvgIpc) is 3.13. The highest BCUT2D eigenvalue weighted by atomic mass is 19.2. The lowest BCUT2D eigenvalue weighted by Gasteiger charge is -2.39. The Hall–Kier alpha value is -2.80. The normalized spacial score (nSPS) is 27.8. The van der Waals surface area contributed by atoms with Crippen LogP contribution in [-0.2, 0) is 20.7 Å². The zero-order valence-electron chi connectivity index (χ0n) is 17.1. The summed E-state index contributed by atoms with van der Waals surface area (Å²) >= 11 is 0. The van der Waals surface area contributed by atoms with Gasteiger partial charge in [0.05, 0.1) is 12.1 Å². The molecule has 7 heteroatoms. The Morgan fingerprint density at radius 3 is 2.77 bits per heavy atom. The van der Waals surface area contributed by atoms with Crippen LogP contribution in [0.1, 0.15) is 48.0 Å². The third-order valence-electron chi connectivity index (χ3n) is 6.83. The zero-order chi connectivity index (χ0) is 21.6. The van der Waals surface area contributed by atoms with Crippen molar-refractivity contribution in [1.29, 1.82) is 0 Å². The number of fused-ring (bicyclic) bond motifs is 1. The molecule has 3 heterocycles. The third kappa shape index (κ3) is 3.51. The van der Waals surface area contributed by atoms with Crippen molar-refractivity contribution in [2.45, 2.75) is 43.2 Å². The molecule has 3 aliphatic heterocycles. The number of hydrogen-bond donors (Lipinski definition) is 1. The number of ether oxygens (including phenoxy) is 1. The van der Waals surface area contributed by atoms with E-state index < -0.39 is 23.3 Å². The van der Waals surface area contributed by atoms with Gasteiger partial charge in [-0.3, -0.25) is 9.59 Å². The number of carbonyl (C=O) groups excluding carboxylic acids is 2. The van der Waals surface area contributed by atoms with E-state index >= 15 is 0 Å². The van der Waals surface area contributed by atoms with E-state index in [0.29, 0.717) is 44.5 Å². The molecule has 31 heavy (non-hydrogen) atoms. The topological polar surface area (TPSA) is 58.6 Å². The summed E-state index contributed by atoms with van der Waals surface area (Å²) in [7, 11) is 0. The maximum absolute atomic E-state index is 14.0. The lowest BCUT2D eigenvalue weighted by atomic mass is 9.76. The van der Waals surface area contributed by atoms with Crippen LogP contribution in [0.3, 0.4) is 0 Å². The Labute approximate surface area is 179 Å². The summed E-state index contributed by atoms with van der Waals surface area (Å²) in [6.07, 6.45) is 1.87. The first-order valence-corrected chi connectivity index (χ1v) is 10.7. The van der Waals surface area contributed by atoms with Crippen molar-refractivity contribution in [1.82, 2.24) is 10.2 Å². The molecule has 2 aromatic rings. The SMILES string of the molecule is O=C1CCC[C@]2(CN(C(=O)[C@@H]3OCCc4ccccc43)C[C@H]2c2ccc(F)c(F)c2)N1. The Balaban J connectivity index is 1.48. The molecule has 2 fully saturated rings. The lowest BCUT2D eigenvalue weighted by molar-refractivity contribution is -0.144. The fourth-order valence-electron chi connectivity index (χ4n) is 5.34. The molecule has 0 bridgehead atoms. The summed E-state index contributed by atoms with van der Waals surface area (Å²) in [5, 5.41) is 3.09. The summed E-state index contributed by atoms with van der Waals surface area (Å²) in [6, 6.07) is 11.6. The molecule has 0 radical (unpaired) electrons. The van der Waals surface area contributed by atoms with Gasteiger partial charge in [-0.2, -0.15) is 0 Å². The van der Waals surface area contributed by atoms with Gasteiger partial charge in [0.2, 0.25) is 5.91 Å². The van der Waals surface area contributed by atoms with E-state index in [0.717, 1.165) is 23.6 Å². The monoisotopic (exact) mass is 426 g/mol. The van der Waals surface area contributed by atoms with Crippen molar-refractivity contribution < 1.29 is 23.1 Å². The van der Waals surface area contributed by atoms with Crippen LogP contribution < -0.4 is 5.32 Å². The second-order valence-electron chi connectivity index (χ2n) is 8.70. The molecule has 162 valence electrons. The van der Waals surface area contributed by atoms with Crippen LogP contribution in [0.4, 0.5) is 8.78 Å². The molecule has 3 aliphatic rings. The van der Waals surface area contributed by atoms with Gasteiger partial charge in [0.1, 0.15) is 0 Å². The van der Waals surface area contributed by atoms with Crippen LogP contribution in [0.25, 0.3) is 0 Å². The van der Waals surface area contributed by atoms with Gasteiger partial charge >= 0.3 is 0 Å². The number of benzene rings is 2. The lowest BCUT2D eigenvalue weighted by Crippen LogP contribution is -2.56. The van der Waals surface area contributed by atoms with E-state index in [4.69, 9.17) is 4.74 Å². The van der Waals surface area contributed by atoms with Crippen molar-refractivity contribution in [3.63, 3.8) is 0 Å². The van der Waals surface area contributed by atoms with Crippen LogP contribution in [0.2, 0.25) is 0 Å². The Morgan fingerprint density at radius 2 is 1.97 bits per heavy atom. The van der Waals surface area contributed by atoms with Crippen LogP contribution in [0.15, 0.2) is 42.5 Å². The van der Waals surface area contributed by atoms with Crippen LogP contribution >= 0.6 is 0 Å². The quantitative estimate of drug-likeness (QED) is 0.802. The van der Waals surface area contributed by atoms with Gasteiger partial charge < -0.3 is 15.0 Å². The summed E-state index contributed by atoms with van der Waals surface area (Å²) < 4.78 is 33.4. The number of hydrogen-bond acceptors (Lipinski definition) is 3. The minimum atomic E-state index is -0.927. The molecule has 2 amide bonds. The second kappa shape index (κ2) is 7.71. The standard InChI is InChI=1S/C24H24F2N2O3/c25-19-8-7-16(12-20(19)26)18-13-28(14-24(18)10-3-6-21(29)27-24)23(30)22-17-5-2-1-4-15(17)9-11-31-22/h1-2,4-5,7-8,12,18,22H,3,6,9-11,13-14H2,(H,27,29)/t18-,22+,24+/m0/s1. The predicted octanol–water partition coefficient (Wildman–Crippen LogP) is 3.24. The molecule has 0 unspecified atom stereocenters. The molecule has 0 aliphatic carbocycles. The molecule has 1 N–H and O–H groups in total. The van der Waals surface area contributed by atoms with E-state index in [2.05, 4.69) is 5.32 Å². The number of nitrogens with one attached hydrogen (secondary N) is 1. The highest BCUT2D eigenvalue weighted by Gasteiger charge is 2.51. The largest absolute Gasteiger partial charge is 0.363 e. The van der Waals surface area contributed by atoms with E-state index in [1.165, 1.54) is 6.07 Å². The van der Waals surface area contributed by atoms with Gasteiger partial charge in [-0.15, -0.1) is 0 Å². The minimum absolute atomic E-state index is 0.0765. The first kappa shape index (κ1) is 20.1. The van der Waals surface area contributed by atoms with Gasteiger partial charge in [0, 0.05) is 25.4 Å². The van der Waals surface area contributed by atoms with Gasteiger partial charge in [-0.25, -0.2) is 8.78 Å². The van der Waals surface area contributed by atoms with Crippen molar-refractivity contribution in [2.24, 2.45) is 0 Å². The number of halogens is 2. The van der Waals surface area contributed by atoms with Crippen molar-refractivity contribution in [3.8, 4) is 0 Å². The first-order valence-electron chi connectivity index (χ1n) is 10.7. The number of nitrogens with zero attached hydrogens (tertiary/aromatic N) is 1. The molecule has 3 atom stereocenters. The van der Waals surface area contributed by atoms with Gasteiger partial charge in [0.25, 0.3) is 5.91 Å². The van der Waals surface area contributed by atoms with Gasteiger partial charge in [-0.1, -0.05) is 30.3 Å². The summed E-state index contributed by atoms with van der Waals surface area (Å²) in [4.78, 5) is 27.5. The predicted molar refractivity (Wildman–Crippen MR) is 109 cm³/mol. The van der Waals surface area contributed by atoms with Crippen LogP contribution in [0.5, 0.6) is 0 Å². The molecule has 0 saturated carbocycles. The number of amides is 2. The van der Waals surface area contributed by atoms with Crippen molar-refractivity contribution in [3.05, 3.63) is 70.8 Å². The Morgan fingerprint density at radius 1 is 1.13 bits per heavy atom. The second-order valence-corrected chi connectivity index (χ2v) is 8.70. The fraction of sp³-hybridized carbons (Fsp3) is 0.417. The minimum Gasteiger partial charge on any atom is -0.363 e. The van der Waals surface area contributed by atoms with E-state index in [1.807, 2.05) is 24.3 Å². The average molecular weight is 426 g/mol. The van der Waals surface area contributed by atoms with E-state index in [-0.39, 0.29) is 17.7 Å². The molecule has 5 rings (SSSR count). The number of likely N-dealkylation sites (tertiary alicyclic amines) is 1. The maximum atomic E-state index is 14.0. The van der Waals surface area contributed by atoms with Crippen LogP contribution in [0, 0.1) is 11.6 Å². The molecular weight excluding hydrogens is 402 g/mol. The summed E-state index contributed by atoms with van der Waals surface area (Å²) in [5.41, 5.74) is 1.87. The highest BCUT2D eigenvalue weighted by Crippen LogP contribution is 2.43. The van der Waals surface area contributed by atoms with Crippen molar-refractivity contribution in [2.75, 3.05) is 19.7 Å². The number of rotatable bonds is 2. The highest BCUT2D eigenvalue weighted by molar-refractivity contribution is 5.84. The molecule has 5 nitrogen and oxygen atoms in total. The first-order chi connectivity index (χ1) is 15.0. The molecular formula is C24H24F2N2O3. The zero-order valence-corrected chi connectivity index (χ0v) is 17.1. The molecule has 1 spiro atoms. The Bertz CT molecular complexity index is 1040. The number of carbonyl (C=O) groups is 2. The fourth-order valence-corrected chi connectivity index (χ4v) is 5.34. The van der Waals surface area contributed by atoms with Crippen molar-refractivity contribution >= 4 is 11.8 Å².